The van der Waals surface area contributed by atoms with E-state index in [9.17, 15) is 4.79 Å². The Morgan fingerprint density at radius 3 is 2.57 bits per heavy atom. The molecule has 0 bridgehead atoms. The van der Waals surface area contributed by atoms with Gasteiger partial charge in [-0.15, -0.1) is 0 Å². The van der Waals surface area contributed by atoms with E-state index in [-0.39, 0.29) is 5.97 Å². The van der Waals surface area contributed by atoms with E-state index in [2.05, 4.69) is 12.2 Å². The van der Waals surface area contributed by atoms with Crippen molar-refractivity contribution in [1.29, 1.82) is 0 Å². The summed E-state index contributed by atoms with van der Waals surface area (Å²) in [5.74, 6) is 1.44. The van der Waals surface area contributed by atoms with E-state index >= 15 is 0 Å². The van der Waals surface area contributed by atoms with Crippen LogP contribution in [0.5, 0.6) is 0 Å². The lowest BCUT2D eigenvalue weighted by Crippen LogP contribution is -2.13. The predicted octanol–water partition coefficient (Wildman–Crippen LogP) is 4.40. The molecule has 2 rings (SSSR count). The number of nitrogens with one attached hydrogen (secondary N) is 1. The largest absolute Gasteiger partial charge is 0.462 e. The molecule has 23 heavy (non-hydrogen) atoms. The first-order chi connectivity index (χ1) is 11.2. The van der Waals surface area contributed by atoms with Gasteiger partial charge in [-0.2, -0.15) is 0 Å². The van der Waals surface area contributed by atoms with Crippen LogP contribution in [0.25, 0.3) is 11.3 Å². The maximum atomic E-state index is 11.6. The molecule has 0 aliphatic rings. The Balaban J connectivity index is 1.91. The van der Waals surface area contributed by atoms with Crippen LogP contribution in [0.15, 0.2) is 40.8 Å². The van der Waals surface area contributed by atoms with Crippen LogP contribution in [0.1, 0.15) is 49.2 Å². The number of carbonyl (C=O) groups is 1. The third-order valence-corrected chi connectivity index (χ3v) is 3.60. The van der Waals surface area contributed by atoms with Crippen LogP contribution in [-0.4, -0.2) is 19.1 Å². The summed E-state index contributed by atoms with van der Waals surface area (Å²) >= 11 is 0. The van der Waals surface area contributed by atoms with E-state index in [1.807, 2.05) is 24.3 Å². The molecular weight excluding hydrogens is 290 g/mol. The molecule has 0 saturated carbocycles. The minimum absolute atomic E-state index is 0.296. The number of carbonyl (C=O) groups excluding carboxylic acids is 1. The standard InChI is InChI=1S/C19H25NO3/c1-3-5-6-13-20-14-17-11-12-18(23-17)15-7-9-16(10-8-15)19(21)22-4-2/h7-12,20H,3-6,13-14H2,1-2H3. The van der Waals surface area contributed by atoms with Gasteiger partial charge in [0.05, 0.1) is 18.7 Å². The number of ether oxygens (including phenoxy) is 1. The smallest absolute Gasteiger partial charge is 0.338 e. The molecule has 0 unspecified atom stereocenters. The van der Waals surface area contributed by atoms with Crippen LogP contribution < -0.4 is 5.32 Å². The van der Waals surface area contributed by atoms with Gasteiger partial charge in [0.25, 0.3) is 0 Å². The second-order valence-corrected chi connectivity index (χ2v) is 5.45. The van der Waals surface area contributed by atoms with Crippen LogP contribution in [0.4, 0.5) is 0 Å². The van der Waals surface area contributed by atoms with Crippen molar-refractivity contribution in [2.75, 3.05) is 13.2 Å². The minimum atomic E-state index is -0.296. The highest BCUT2D eigenvalue weighted by Crippen LogP contribution is 2.22. The number of hydrogen-bond donors (Lipinski definition) is 1. The third-order valence-electron chi connectivity index (χ3n) is 3.60. The molecule has 1 heterocycles. The quantitative estimate of drug-likeness (QED) is 0.550. The summed E-state index contributed by atoms with van der Waals surface area (Å²) in [6.45, 7) is 6.13. The van der Waals surface area contributed by atoms with E-state index in [1.165, 1.54) is 19.3 Å². The zero-order valence-electron chi connectivity index (χ0n) is 13.9. The van der Waals surface area contributed by atoms with Gasteiger partial charge < -0.3 is 14.5 Å². The van der Waals surface area contributed by atoms with Crippen LogP contribution in [0.2, 0.25) is 0 Å². The Bertz CT molecular complexity index is 601. The van der Waals surface area contributed by atoms with Gasteiger partial charge in [-0.05, 0) is 44.2 Å². The summed E-state index contributed by atoms with van der Waals surface area (Å²) < 4.78 is 10.8. The van der Waals surface area contributed by atoms with Gasteiger partial charge in [-0.1, -0.05) is 31.9 Å². The van der Waals surface area contributed by atoms with E-state index in [0.29, 0.717) is 12.2 Å². The summed E-state index contributed by atoms with van der Waals surface area (Å²) in [7, 11) is 0. The van der Waals surface area contributed by atoms with Gasteiger partial charge in [-0.25, -0.2) is 4.79 Å². The van der Waals surface area contributed by atoms with E-state index in [1.54, 1.807) is 19.1 Å². The Kier molecular flexibility index (Phi) is 6.88. The summed E-state index contributed by atoms with van der Waals surface area (Å²) in [5.41, 5.74) is 1.51. The van der Waals surface area contributed by atoms with Gasteiger partial charge in [0, 0.05) is 5.56 Å². The highest BCUT2D eigenvalue weighted by atomic mass is 16.5. The molecule has 0 atom stereocenters. The SMILES string of the molecule is CCCCCNCc1ccc(-c2ccc(C(=O)OCC)cc2)o1. The Morgan fingerprint density at radius 1 is 1.09 bits per heavy atom. The molecule has 0 saturated heterocycles. The number of esters is 1. The van der Waals surface area contributed by atoms with Crippen LogP contribution in [0.3, 0.4) is 0 Å². The highest BCUT2D eigenvalue weighted by molar-refractivity contribution is 5.89. The molecule has 4 heteroatoms. The molecule has 124 valence electrons. The summed E-state index contributed by atoms with van der Waals surface area (Å²) in [6.07, 6.45) is 3.68. The minimum Gasteiger partial charge on any atom is -0.462 e. The van der Waals surface area contributed by atoms with Crippen molar-refractivity contribution in [2.45, 2.75) is 39.7 Å². The first kappa shape index (κ1) is 17.3. The van der Waals surface area contributed by atoms with E-state index in [0.717, 1.165) is 30.2 Å². The van der Waals surface area contributed by atoms with Gasteiger partial charge >= 0.3 is 5.97 Å². The second kappa shape index (κ2) is 9.16. The lowest BCUT2D eigenvalue weighted by molar-refractivity contribution is 0.0526. The van der Waals surface area contributed by atoms with Crippen LogP contribution in [-0.2, 0) is 11.3 Å². The Morgan fingerprint density at radius 2 is 1.87 bits per heavy atom. The molecule has 4 nitrogen and oxygen atoms in total. The van der Waals surface area contributed by atoms with Crippen LogP contribution in [0, 0.1) is 0 Å². The molecule has 1 N–H and O–H groups in total. The molecule has 2 aromatic rings. The number of rotatable bonds is 9. The lowest BCUT2D eigenvalue weighted by Gasteiger charge is -2.03. The molecule has 0 aliphatic carbocycles. The van der Waals surface area contributed by atoms with Gasteiger partial charge in [0.15, 0.2) is 0 Å². The topological polar surface area (TPSA) is 51.5 Å². The maximum absolute atomic E-state index is 11.6. The van der Waals surface area contributed by atoms with Crippen molar-refractivity contribution >= 4 is 5.97 Å². The normalized spacial score (nSPS) is 10.7. The average Bonchev–Trinajstić information content (AvgIpc) is 3.04. The summed E-state index contributed by atoms with van der Waals surface area (Å²) in [4.78, 5) is 11.6. The third kappa shape index (κ3) is 5.25. The van der Waals surface area contributed by atoms with E-state index < -0.39 is 0 Å². The number of furan rings is 1. The van der Waals surface area contributed by atoms with Gasteiger partial charge in [-0.3, -0.25) is 0 Å². The van der Waals surface area contributed by atoms with Crippen molar-refractivity contribution in [3.63, 3.8) is 0 Å². The molecule has 0 aliphatic heterocycles. The zero-order chi connectivity index (χ0) is 16.5. The fourth-order valence-corrected chi connectivity index (χ4v) is 2.32. The highest BCUT2D eigenvalue weighted by Gasteiger charge is 2.08. The molecule has 0 spiro atoms. The van der Waals surface area contributed by atoms with Crippen molar-refractivity contribution in [1.82, 2.24) is 5.32 Å². The van der Waals surface area contributed by atoms with Crippen molar-refractivity contribution < 1.29 is 13.9 Å². The summed E-state index contributed by atoms with van der Waals surface area (Å²) in [6, 6.07) is 11.2. The van der Waals surface area contributed by atoms with Crippen LogP contribution >= 0.6 is 0 Å². The first-order valence-electron chi connectivity index (χ1n) is 8.31. The number of benzene rings is 1. The monoisotopic (exact) mass is 315 g/mol. The maximum Gasteiger partial charge on any atom is 0.338 e. The molecular formula is C19H25NO3. The van der Waals surface area contributed by atoms with Gasteiger partial charge in [0.2, 0.25) is 0 Å². The van der Waals surface area contributed by atoms with Crippen molar-refractivity contribution in [3.05, 3.63) is 47.7 Å². The average molecular weight is 315 g/mol. The van der Waals surface area contributed by atoms with Gasteiger partial charge in [0.1, 0.15) is 11.5 Å². The lowest BCUT2D eigenvalue weighted by atomic mass is 10.1. The molecule has 0 amide bonds. The Labute approximate surface area is 137 Å². The second-order valence-electron chi connectivity index (χ2n) is 5.45. The van der Waals surface area contributed by atoms with E-state index in [4.69, 9.17) is 9.15 Å². The predicted molar refractivity (Wildman–Crippen MR) is 91.3 cm³/mol. The first-order valence-corrected chi connectivity index (χ1v) is 8.31. The number of hydrogen-bond acceptors (Lipinski definition) is 4. The molecule has 1 aromatic heterocycles. The Hall–Kier alpha value is -2.07. The van der Waals surface area contributed by atoms with Crippen molar-refractivity contribution in [3.8, 4) is 11.3 Å². The fraction of sp³-hybridized carbons (Fsp3) is 0.421. The summed E-state index contributed by atoms with van der Waals surface area (Å²) in [5, 5.41) is 3.38. The zero-order valence-corrected chi connectivity index (χ0v) is 13.9. The molecule has 0 radical (unpaired) electrons. The fourth-order valence-electron chi connectivity index (χ4n) is 2.32. The van der Waals surface area contributed by atoms with Crippen molar-refractivity contribution in [2.24, 2.45) is 0 Å². The number of unbranched alkanes of at least 4 members (excludes halogenated alkanes) is 2. The molecule has 0 fully saturated rings. The molecule has 1 aromatic carbocycles.